The second kappa shape index (κ2) is 8.66. The summed E-state index contributed by atoms with van der Waals surface area (Å²) in [6, 6.07) is 13.5. The van der Waals surface area contributed by atoms with E-state index in [0.29, 0.717) is 22.6 Å². The van der Waals surface area contributed by atoms with Crippen LogP contribution in [0.2, 0.25) is 0 Å². The summed E-state index contributed by atoms with van der Waals surface area (Å²) in [6.07, 6.45) is -5.95. The molecule has 0 aromatic heterocycles. The molecule has 0 spiro atoms. The molecule has 1 heterocycles. The van der Waals surface area contributed by atoms with Crippen molar-refractivity contribution < 1.29 is 38.3 Å². The van der Waals surface area contributed by atoms with Gasteiger partial charge in [0, 0.05) is 11.3 Å². The number of hydrogen-bond donors (Lipinski definition) is 5. The van der Waals surface area contributed by atoms with Crippen LogP contribution in [-0.4, -0.2) is 72.4 Å². The van der Waals surface area contributed by atoms with E-state index in [4.69, 9.17) is 9.47 Å². The van der Waals surface area contributed by atoms with Crippen molar-refractivity contribution in [3.05, 3.63) is 48.5 Å². The van der Waals surface area contributed by atoms with Crippen LogP contribution < -0.4 is 9.46 Å². The maximum Gasteiger partial charge on any atom is 0.229 e. The van der Waals surface area contributed by atoms with Gasteiger partial charge in [-0.2, -0.15) is 0 Å². The molecule has 3 rings (SSSR count). The van der Waals surface area contributed by atoms with Gasteiger partial charge in [-0.3, -0.25) is 4.72 Å². The number of sulfonamides is 1. The second-order valence-electron chi connectivity index (χ2n) is 6.77. The minimum Gasteiger partial charge on any atom is -0.461 e. The van der Waals surface area contributed by atoms with Crippen LogP contribution in [0.3, 0.4) is 0 Å². The molecule has 0 amide bonds. The molecule has 0 unspecified atom stereocenters. The summed E-state index contributed by atoms with van der Waals surface area (Å²) in [4.78, 5) is 0. The molecule has 0 bridgehead atoms. The smallest absolute Gasteiger partial charge is 0.229 e. The van der Waals surface area contributed by atoms with Gasteiger partial charge in [-0.25, -0.2) is 8.42 Å². The van der Waals surface area contributed by atoms with Gasteiger partial charge in [-0.05, 0) is 23.8 Å². The Morgan fingerprint density at radius 1 is 1.03 bits per heavy atom. The molecule has 0 aliphatic carbocycles. The average Bonchev–Trinajstić information content (AvgIpc) is 2.67. The summed E-state index contributed by atoms with van der Waals surface area (Å²) in [7, 11) is -3.45. The molecule has 10 heteroatoms. The predicted octanol–water partition coefficient (Wildman–Crippen LogP) is -0.0962. The lowest BCUT2D eigenvalue weighted by molar-refractivity contribution is -0.277. The van der Waals surface area contributed by atoms with E-state index in [1.165, 1.54) is 0 Å². The standard InChI is InChI=1S/C19H23NO8S/c1-29(25,26)20-12-6-4-5-11(9-12)13-7-2-3-8-14(13)27-19-18(24)17(23)16(22)15(10-21)28-19/h2-9,15-24H,10H2,1H3/t15-,16+,17+,18-,19-/m1/s1. The lowest BCUT2D eigenvalue weighted by Crippen LogP contribution is -2.60. The van der Waals surface area contributed by atoms with Gasteiger partial charge in [0.15, 0.2) is 0 Å². The van der Waals surface area contributed by atoms with Crippen LogP contribution in [0.25, 0.3) is 11.1 Å². The molecule has 0 radical (unpaired) electrons. The van der Waals surface area contributed by atoms with Gasteiger partial charge >= 0.3 is 0 Å². The maximum absolute atomic E-state index is 11.5. The zero-order valence-electron chi connectivity index (χ0n) is 15.5. The molecule has 1 fully saturated rings. The van der Waals surface area contributed by atoms with Crippen LogP contribution in [0.1, 0.15) is 0 Å². The number of benzene rings is 2. The quantitative estimate of drug-likeness (QED) is 0.432. The fraction of sp³-hybridized carbons (Fsp3) is 0.368. The van der Waals surface area contributed by atoms with Gasteiger partial charge < -0.3 is 29.9 Å². The van der Waals surface area contributed by atoms with Crippen molar-refractivity contribution in [1.29, 1.82) is 0 Å². The lowest BCUT2D eigenvalue weighted by Gasteiger charge is -2.39. The van der Waals surface area contributed by atoms with E-state index in [-0.39, 0.29) is 0 Å². The number of rotatable bonds is 6. The Labute approximate surface area is 168 Å². The zero-order valence-corrected chi connectivity index (χ0v) is 16.4. The van der Waals surface area contributed by atoms with Crippen LogP contribution in [0.5, 0.6) is 5.75 Å². The van der Waals surface area contributed by atoms with Crippen LogP contribution >= 0.6 is 0 Å². The SMILES string of the molecule is CS(=O)(=O)Nc1cccc(-c2ccccc2O[C@@H]2O[C@H](CO)[C@H](O)[C@H](O)[C@H]2O)c1. The third-order valence-electron chi connectivity index (χ3n) is 4.46. The molecule has 2 aromatic carbocycles. The fourth-order valence-corrected chi connectivity index (χ4v) is 3.62. The maximum atomic E-state index is 11.5. The second-order valence-corrected chi connectivity index (χ2v) is 8.51. The number of anilines is 1. The molecule has 2 aromatic rings. The third-order valence-corrected chi connectivity index (χ3v) is 5.06. The predicted molar refractivity (Wildman–Crippen MR) is 105 cm³/mol. The van der Waals surface area contributed by atoms with Gasteiger partial charge in [0.2, 0.25) is 16.3 Å². The molecule has 9 nitrogen and oxygen atoms in total. The first kappa shape index (κ1) is 21.5. The molecule has 5 atom stereocenters. The minimum atomic E-state index is -3.45. The Kier molecular flexibility index (Phi) is 6.42. The van der Waals surface area contributed by atoms with Crippen LogP contribution in [0.4, 0.5) is 5.69 Å². The molecular formula is C19H23NO8S. The van der Waals surface area contributed by atoms with E-state index in [0.717, 1.165) is 6.26 Å². The van der Waals surface area contributed by atoms with Crippen LogP contribution in [-0.2, 0) is 14.8 Å². The Balaban J connectivity index is 1.89. The van der Waals surface area contributed by atoms with E-state index in [1.54, 1.807) is 48.5 Å². The largest absolute Gasteiger partial charge is 0.461 e. The van der Waals surface area contributed by atoms with Crippen molar-refractivity contribution in [2.24, 2.45) is 0 Å². The molecule has 29 heavy (non-hydrogen) atoms. The molecule has 0 saturated carbocycles. The molecule has 1 aliphatic heterocycles. The Bertz CT molecular complexity index is 949. The normalized spacial score (nSPS) is 27.4. The van der Waals surface area contributed by atoms with Crippen LogP contribution in [0, 0.1) is 0 Å². The number of aliphatic hydroxyl groups excluding tert-OH is 4. The first-order chi connectivity index (χ1) is 13.7. The molecule has 5 N–H and O–H groups in total. The summed E-state index contributed by atoms with van der Waals surface area (Å²) in [5.41, 5.74) is 1.59. The van der Waals surface area contributed by atoms with Crippen molar-refractivity contribution in [3.8, 4) is 16.9 Å². The topological polar surface area (TPSA) is 146 Å². The first-order valence-corrected chi connectivity index (χ1v) is 10.7. The summed E-state index contributed by atoms with van der Waals surface area (Å²) in [5, 5.41) is 39.3. The zero-order chi connectivity index (χ0) is 21.2. The molecule has 1 saturated heterocycles. The highest BCUT2D eigenvalue weighted by Crippen LogP contribution is 2.34. The highest BCUT2D eigenvalue weighted by atomic mass is 32.2. The summed E-state index contributed by atoms with van der Waals surface area (Å²) in [5.74, 6) is 0.299. The van der Waals surface area contributed by atoms with E-state index < -0.39 is 47.3 Å². The van der Waals surface area contributed by atoms with Gasteiger partial charge in [-0.15, -0.1) is 0 Å². The van der Waals surface area contributed by atoms with E-state index in [9.17, 15) is 28.8 Å². The van der Waals surface area contributed by atoms with Crippen molar-refractivity contribution in [1.82, 2.24) is 0 Å². The minimum absolute atomic E-state index is 0.299. The number of para-hydroxylation sites is 1. The van der Waals surface area contributed by atoms with Gasteiger partial charge in [-0.1, -0.05) is 30.3 Å². The highest BCUT2D eigenvalue weighted by molar-refractivity contribution is 7.92. The van der Waals surface area contributed by atoms with Gasteiger partial charge in [0.25, 0.3) is 0 Å². The van der Waals surface area contributed by atoms with Crippen molar-refractivity contribution in [3.63, 3.8) is 0 Å². The summed E-state index contributed by atoms with van der Waals surface area (Å²) in [6.45, 7) is -0.564. The molecule has 1 aliphatic rings. The van der Waals surface area contributed by atoms with E-state index >= 15 is 0 Å². The number of aliphatic hydroxyl groups is 4. The summed E-state index contributed by atoms with van der Waals surface area (Å²) >= 11 is 0. The lowest BCUT2D eigenvalue weighted by atomic mass is 9.99. The highest BCUT2D eigenvalue weighted by Gasteiger charge is 2.44. The number of nitrogens with one attached hydrogen (secondary N) is 1. The van der Waals surface area contributed by atoms with E-state index in [2.05, 4.69) is 4.72 Å². The van der Waals surface area contributed by atoms with Gasteiger partial charge in [0.05, 0.1) is 12.9 Å². The average molecular weight is 425 g/mol. The monoisotopic (exact) mass is 425 g/mol. The van der Waals surface area contributed by atoms with Crippen molar-refractivity contribution in [2.75, 3.05) is 17.6 Å². The molecule has 158 valence electrons. The molecular weight excluding hydrogens is 402 g/mol. The van der Waals surface area contributed by atoms with Crippen molar-refractivity contribution in [2.45, 2.75) is 30.7 Å². The summed E-state index contributed by atoms with van der Waals surface area (Å²) < 4.78 is 36.5. The third kappa shape index (κ3) is 5.04. The Morgan fingerprint density at radius 2 is 1.76 bits per heavy atom. The van der Waals surface area contributed by atoms with Crippen molar-refractivity contribution >= 4 is 15.7 Å². The Morgan fingerprint density at radius 3 is 2.45 bits per heavy atom. The van der Waals surface area contributed by atoms with Crippen LogP contribution in [0.15, 0.2) is 48.5 Å². The van der Waals surface area contributed by atoms with Gasteiger partial charge in [0.1, 0.15) is 30.2 Å². The Hall–Kier alpha value is -2.21. The first-order valence-electron chi connectivity index (χ1n) is 8.84. The fourth-order valence-electron chi connectivity index (χ4n) is 3.06. The van der Waals surface area contributed by atoms with E-state index in [1.807, 2.05) is 0 Å². The number of ether oxygens (including phenoxy) is 2. The number of hydrogen-bond acceptors (Lipinski definition) is 8.